The van der Waals surface area contributed by atoms with E-state index in [2.05, 4.69) is 10.3 Å². The van der Waals surface area contributed by atoms with Gasteiger partial charge < -0.3 is 9.57 Å². The van der Waals surface area contributed by atoms with Crippen molar-refractivity contribution in [3.8, 4) is 0 Å². The second kappa shape index (κ2) is 8.96. The Hall–Kier alpha value is -2.04. The Bertz CT molecular complexity index is 417. The van der Waals surface area contributed by atoms with E-state index in [0.29, 0.717) is 12.8 Å². The molecule has 5 nitrogen and oxygen atoms in total. The largest absolute Gasteiger partial charge is 0.533 e. The van der Waals surface area contributed by atoms with Gasteiger partial charge in [0.25, 0.3) is 5.91 Å². The molecular weight excluding hydrogens is 258 g/mol. The van der Waals surface area contributed by atoms with Gasteiger partial charge in [0.2, 0.25) is 0 Å². The number of amides is 1. The molecule has 0 aliphatic carbocycles. The molecule has 1 amide bonds. The van der Waals surface area contributed by atoms with Gasteiger partial charge in [0.1, 0.15) is 0 Å². The monoisotopic (exact) mass is 279 g/mol. The molecule has 1 aromatic rings. The van der Waals surface area contributed by atoms with Crippen molar-refractivity contribution in [3.05, 3.63) is 35.9 Å². The van der Waals surface area contributed by atoms with E-state index in [1.807, 2.05) is 44.2 Å². The Morgan fingerprint density at radius 3 is 2.55 bits per heavy atom. The number of benzene rings is 1. The zero-order valence-corrected chi connectivity index (χ0v) is 11.9. The highest BCUT2D eigenvalue weighted by Gasteiger charge is 2.08. The van der Waals surface area contributed by atoms with Gasteiger partial charge in [-0.2, -0.15) is 5.48 Å². The zero-order chi connectivity index (χ0) is 14.8. The molecule has 110 valence electrons. The summed E-state index contributed by atoms with van der Waals surface area (Å²) >= 11 is 0. The number of carbonyl (C=O) groups excluding carboxylic acids is 2. The minimum Gasteiger partial charge on any atom is -0.432 e. The quantitative estimate of drug-likeness (QED) is 0.642. The molecule has 0 radical (unpaired) electrons. The number of hydrogen-bond acceptors (Lipinski definition) is 4. The molecule has 0 fully saturated rings. The Kier molecular flexibility index (Phi) is 7.17. The van der Waals surface area contributed by atoms with Crippen LogP contribution in [0.5, 0.6) is 0 Å². The summed E-state index contributed by atoms with van der Waals surface area (Å²) in [7, 11) is 0. The highest BCUT2D eigenvalue weighted by atomic mass is 16.8. The fourth-order valence-corrected chi connectivity index (χ4v) is 1.51. The van der Waals surface area contributed by atoms with Gasteiger partial charge in [-0.3, -0.25) is 4.79 Å². The fraction of sp³-hybridized carbons (Fsp3) is 0.467. The molecule has 0 aliphatic heterocycles. The summed E-state index contributed by atoms with van der Waals surface area (Å²) in [5.41, 5.74) is 3.26. The number of nitrogens with one attached hydrogen (secondary N) is 1. The summed E-state index contributed by atoms with van der Waals surface area (Å²) in [6.45, 7) is 4.09. The highest BCUT2D eigenvalue weighted by Crippen LogP contribution is 2.04. The van der Waals surface area contributed by atoms with Crippen LogP contribution in [0.3, 0.4) is 0 Å². The van der Waals surface area contributed by atoms with Crippen LogP contribution < -0.4 is 5.48 Å². The number of carbonyl (C=O) groups is 2. The first-order chi connectivity index (χ1) is 9.58. The topological polar surface area (TPSA) is 64.6 Å². The summed E-state index contributed by atoms with van der Waals surface area (Å²) in [4.78, 5) is 27.0. The second-order valence-electron chi connectivity index (χ2n) is 4.92. The number of rotatable bonds is 6. The summed E-state index contributed by atoms with van der Waals surface area (Å²) in [5, 5.41) is 0. The highest BCUT2D eigenvalue weighted by molar-refractivity contribution is 5.76. The van der Waals surface area contributed by atoms with E-state index in [1.54, 1.807) is 0 Å². The minimum absolute atomic E-state index is 0.226. The van der Waals surface area contributed by atoms with E-state index in [-0.39, 0.29) is 18.4 Å². The van der Waals surface area contributed by atoms with Gasteiger partial charge in [-0.1, -0.05) is 44.2 Å². The SMILES string of the molecule is CC(C)COC(=O)ONC(=O)CCCc1ccccc1. The average Bonchev–Trinajstić information content (AvgIpc) is 2.44. The van der Waals surface area contributed by atoms with Crippen LogP contribution in [0.1, 0.15) is 32.3 Å². The summed E-state index contributed by atoms with van der Waals surface area (Å²) in [6.07, 6.45) is 0.925. The maximum Gasteiger partial charge on any atom is 0.533 e. The molecule has 1 aromatic carbocycles. The maximum absolute atomic E-state index is 11.4. The van der Waals surface area contributed by atoms with Gasteiger partial charge in [0, 0.05) is 6.42 Å². The van der Waals surface area contributed by atoms with Crippen LogP contribution in [-0.2, 0) is 20.8 Å². The van der Waals surface area contributed by atoms with Gasteiger partial charge in [-0.15, -0.1) is 0 Å². The smallest absolute Gasteiger partial charge is 0.432 e. The Morgan fingerprint density at radius 1 is 1.20 bits per heavy atom. The van der Waals surface area contributed by atoms with Crippen LogP contribution in [0.15, 0.2) is 30.3 Å². The molecule has 0 saturated carbocycles. The third-order valence-electron chi connectivity index (χ3n) is 2.49. The molecule has 0 saturated heterocycles. The zero-order valence-electron chi connectivity index (χ0n) is 11.9. The van der Waals surface area contributed by atoms with E-state index in [0.717, 1.165) is 6.42 Å². The number of hydrogen-bond donors (Lipinski definition) is 1. The molecule has 0 aliphatic rings. The van der Waals surface area contributed by atoms with Crippen molar-refractivity contribution < 1.29 is 19.2 Å². The van der Waals surface area contributed by atoms with Crippen molar-refractivity contribution in [3.63, 3.8) is 0 Å². The predicted octanol–water partition coefficient (Wildman–Crippen LogP) is 2.85. The molecule has 1 rings (SSSR count). The lowest BCUT2D eigenvalue weighted by Crippen LogP contribution is -2.27. The van der Waals surface area contributed by atoms with Crippen LogP contribution >= 0.6 is 0 Å². The minimum atomic E-state index is -0.880. The third-order valence-corrected chi connectivity index (χ3v) is 2.49. The summed E-state index contributed by atoms with van der Waals surface area (Å²) in [6, 6.07) is 9.90. The van der Waals surface area contributed by atoms with E-state index < -0.39 is 6.16 Å². The number of aryl methyl sites for hydroxylation is 1. The van der Waals surface area contributed by atoms with Crippen molar-refractivity contribution in [1.82, 2.24) is 5.48 Å². The Balaban J connectivity index is 2.10. The summed E-state index contributed by atoms with van der Waals surface area (Å²) in [5.74, 6) is -0.105. The molecule has 5 heteroatoms. The predicted molar refractivity (Wildman–Crippen MR) is 74.8 cm³/mol. The van der Waals surface area contributed by atoms with Crippen LogP contribution in [0.2, 0.25) is 0 Å². The molecule has 20 heavy (non-hydrogen) atoms. The molecule has 0 aromatic heterocycles. The van der Waals surface area contributed by atoms with Crippen molar-refractivity contribution in [2.45, 2.75) is 33.1 Å². The standard InChI is InChI=1S/C15H21NO4/c1-12(2)11-19-15(18)20-16-14(17)10-6-9-13-7-4-3-5-8-13/h3-5,7-8,12H,6,9-11H2,1-2H3,(H,16,17). The van der Waals surface area contributed by atoms with Crippen LogP contribution in [0, 0.1) is 5.92 Å². The average molecular weight is 279 g/mol. The first-order valence-electron chi connectivity index (χ1n) is 6.74. The van der Waals surface area contributed by atoms with Gasteiger partial charge in [0.05, 0.1) is 6.61 Å². The van der Waals surface area contributed by atoms with Crippen LogP contribution in [0.25, 0.3) is 0 Å². The fourth-order valence-electron chi connectivity index (χ4n) is 1.51. The normalized spacial score (nSPS) is 10.2. The molecule has 0 heterocycles. The van der Waals surface area contributed by atoms with Crippen LogP contribution in [-0.4, -0.2) is 18.7 Å². The first kappa shape index (κ1) is 16.0. The molecule has 0 spiro atoms. The second-order valence-corrected chi connectivity index (χ2v) is 4.92. The Labute approximate surface area is 119 Å². The lowest BCUT2D eigenvalue weighted by Gasteiger charge is -2.08. The number of hydroxylamine groups is 1. The van der Waals surface area contributed by atoms with E-state index in [9.17, 15) is 9.59 Å². The van der Waals surface area contributed by atoms with E-state index in [4.69, 9.17) is 4.74 Å². The van der Waals surface area contributed by atoms with Crippen molar-refractivity contribution in [1.29, 1.82) is 0 Å². The van der Waals surface area contributed by atoms with Gasteiger partial charge in [0.15, 0.2) is 0 Å². The maximum atomic E-state index is 11.4. The first-order valence-corrected chi connectivity index (χ1v) is 6.74. The third kappa shape index (κ3) is 7.41. The molecule has 0 atom stereocenters. The molecule has 0 unspecified atom stereocenters. The van der Waals surface area contributed by atoms with Crippen LogP contribution in [0.4, 0.5) is 4.79 Å². The van der Waals surface area contributed by atoms with E-state index in [1.165, 1.54) is 5.56 Å². The van der Waals surface area contributed by atoms with Crippen molar-refractivity contribution in [2.75, 3.05) is 6.61 Å². The molecule has 1 N–H and O–H groups in total. The van der Waals surface area contributed by atoms with Crippen molar-refractivity contribution >= 4 is 12.1 Å². The number of ether oxygens (including phenoxy) is 1. The lowest BCUT2D eigenvalue weighted by molar-refractivity contribution is -0.131. The van der Waals surface area contributed by atoms with Gasteiger partial charge in [-0.25, -0.2) is 4.79 Å². The van der Waals surface area contributed by atoms with Gasteiger partial charge >= 0.3 is 6.16 Å². The van der Waals surface area contributed by atoms with E-state index >= 15 is 0 Å². The lowest BCUT2D eigenvalue weighted by atomic mass is 10.1. The Morgan fingerprint density at radius 2 is 1.90 bits per heavy atom. The molecular formula is C15H21NO4. The van der Waals surface area contributed by atoms with Gasteiger partial charge in [-0.05, 0) is 24.3 Å². The van der Waals surface area contributed by atoms with Crippen molar-refractivity contribution in [2.24, 2.45) is 5.92 Å². The molecule has 0 bridgehead atoms. The summed E-state index contributed by atoms with van der Waals surface area (Å²) < 4.78 is 4.75.